The van der Waals surface area contributed by atoms with Gasteiger partial charge in [-0.15, -0.1) is 10.2 Å². The zero-order chi connectivity index (χ0) is 28.2. The quantitative estimate of drug-likeness (QED) is 0.150. The molecule has 1 amide bonds. The van der Waals surface area contributed by atoms with Crippen LogP contribution in [0.1, 0.15) is 46.6 Å². The fraction of sp³-hybridized carbons (Fsp3) is 0.226. The highest BCUT2D eigenvalue weighted by molar-refractivity contribution is 7.15. The van der Waals surface area contributed by atoms with Crippen molar-refractivity contribution in [2.45, 2.75) is 39.8 Å². The van der Waals surface area contributed by atoms with Crippen LogP contribution >= 0.6 is 11.3 Å². The Morgan fingerprint density at radius 2 is 1.65 bits per heavy atom. The first-order valence-electron chi connectivity index (χ1n) is 13.0. The first kappa shape index (κ1) is 27.1. The third-order valence-electron chi connectivity index (χ3n) is 6.45. The largest absolute Gasteiger partial charge is 0.507 e. The Balaban J connectivity index is 1.48. The molecule has 1 atom stereocenters. The summed E-state index contributed by atoms with van der Waals surface area (Å²) in [4.78, 5) is 27.9. The number of carbonyl (C=O) groups excluding carboxylic acids is 2. The summed E-state index contributed by atoms with van der Waals surface area (Å²) in [6.45, 7) is 6.80. The van der Waals surface area contributed by atoms with Gasteiger partial charge in [0.1, 0.15) is 28.9 Å². The number of benzene rings is 3. The van der Waals surface area contributed by atoms with Crippen LogP contribution in [0, 0.1) is 13.8 Å². The van der Waals surface area contributed by atoms with Gasteiger partial charge in [-0.2, -0.15) is 0 Å². The topological polar surface area (TPSA) is 102 Å². The molecule has 0 spiro atoms. The SMILES string of the molecule is CCCOc1ccc(C2/C(=C(\O)c3ccc(OCc4cccc(C)c4)cc3)C(=O)C(=O)N2c2nnc(C)s2)cc1. The molecule has 1 unspecified atom stereocenters. The fourth-order valence-electron chi connectivity index (χ4n) is 4.53. The normalized spacial score (nSPS) is 16.4. The summed E-state index contributed by atoms with van der Waals surface area (Å²) in [5.74, 6) is -0.546. The van der Waals surface area contributed by atoms with Crippen LogP contribution in [0.15, 0.2) is 78.4 Å². The lowest BCUT2D eigenvalue weighted by Crippen LogP contribution is -2.29. The summed E-state index contributed by atoms with van der Waals surface area (Å²) in [6, 6.07) is 21.1. The molecular weight excluding hydrogens is 526 g/mol. The number of aliphatic hydroxyl groups excluding tert-OH is 1. The predicted molar refractivity (Wildman–Crippen MR) is 154 cm³/mol. The average Bonchev–Trinajstić information content (AvgIpc) is 3.50. The molecule has 4 aromatic rings. The van der Waals surface area contributed by atoms with E-state index >= 15 is 0 Å². The molecule has 1 aliphatic rings. The molecule has 2 heterocycles. The van der Waals surface area contributed by atoms with Crippen molar-refractivity contribution in [2.75, 3.05) is 11.5 Å². The lowest BCUT2D eigenvalue weighted by Gasteiger charge is -2.22. The minimum atomic E-state index is -0.884. The van der Waals surface area contributed by atoms with E-state index in [1.54, 1.807) is 55.5 Å². The Hall–Kier alpha value is -4.50. The van der Waals surface area contributed by atoms with Crippen molar-refractivity contribution in [3.05, 3.63) is 106 Å². The Labute approximate surface area is 236 Å². The molecule has 1 N–H and O–H groups in total. The molecule has 1 aliphatic heterocycles. The number of ether oxygens (including phenoxy) is 2. The van der Waals surface area contributed by atoms with E-state index in [1.807, 2.05) is 32.0 Å². The Morgan fingerprint density at radius 1 is 0.950 bits per heavy atom. The molecule has 5 rings (SSSR count). The van der Waals surface area contributed by atoms with Gasteiger partial charge in [0.15, 0.2) is 0 Å². The van der Waals surface area contributed by atoms with Gasteiger partial charge < -0.3 is 14.6 Å². The highest BCUT2D eigenvalue weighted by Gasteiger charge is 2.48. The second-order valence-electron chi connectivity index (χ2n) is 9.49. The van der Waals surface area contributed by atoms with Gasteiger partial charge in [-0.05, 0) is 67.8 Å². The molecule has 0 aliphatic carbocycles. The number of rotatable bonds is 9. The van der Waals surface area contributed by atoms with Crippen LogP contribution in [-0.2, 0) is 16.2 Å². The Bertz CT molecular complexity index is 1560. The summed E-state index contributed by atoms with van der Waals surface area (Å²) in [6.07, 6.45) is 0.869. The smallest absolute Gasteiger partial charge is 0.301 e. The lowest BCUT2D eigenvalue weighted by molar-refractivity contribution is -0.132. The number of amides is 1. The number of aliphatic hydroxyl groups is 1. The fourth-order valence-corrected chi connectivity index (χ4v) is 5.24. The first-order chi connectivity index (χ1) is 19.4. The van der Waals surface area contributed by atoms with Crippen molar-refractivity contribution in [1.82, 2.24) is 10.2 Å². The average molecular weight is 556 g/mol. The molecule has 0 radical (unpaired) electrons. The molecule has 40 heavy (non-hydrogen) atoms. The summed E-state index contributed by atoms with van der Waals surface area (Å²) in [7, 11) is 0. The summed E-state index contributed by atoms with van der Waals surface area (Å²) in [5.41, 5.74) is 3.20. The third-order valence-corrected chi connectivity index (χ3v) is 7.29. The molecule has 3 aromatic carbocycles. The minimum Gasteiger partial charge on any atom is -0.507 e. The molecule has 1 aromatic heterocycles. The van der Waals surface area contributed by atoms with Crippen LogP contribution in [0.3, 0.4) is 0 Å². The minimum absolute atomic E-state index is 0.0199. The maximum absolute atomic E-state index is 13.4. The zero-order valence-corrected chi connectivity index (χ0v) is 23.3. The molecular formula is C31H29N3O5S. The van der Waals surface area contributed by atoms with Crippen LogP contribution in [0.5, 0.6) is 11.5 Å². The van der Waals surface area contributed by atoms with Crippen molar-refractivity contribution in [3.8, 4) is 11.5 Å². The van der Waals surface area contributed by atoms with Gasteiger partial charge in [0.25, 0.3) is 5.78 Å². The predicted octanol–water partition coefficient (Wildman–Crippen LogP) is 6.15. The van der Waals surface area contributed by atoms with Crippen LogP contribution in [0.2, 0.25) is 0 Å². The number of ketones is 1. The van der Waals surface area contributed by atoms with E-state index in [-0.39, 0.29) is 16.5 Å². The van der Waals surface area contributed by atoms with Crippen molar-refractivity contribution in [3.63, 3.8) is 0 Å². The molecule has 9 heteroatoms. The van der Waals surface area contributed by atoms with Gasteiger partial charge >= 0.3 is 5.91 Å². The number of anilines is 1. The van der Waals surface area contributed by atoms with E-state index in [0.717, 1.165) is 17.5 Å². The summed E-state index contributed by atoms with van der Waals surface area (Å²) < 4.78 is 11.6. The Morgan fingerprint density at radius 3 is 2.30 bits per heavy atom. The number of hydrogen-bond donors (Lipinski definition) is 1. The second kappa shape index (κ2) is 11.7. The number of hydrogen-bond acceptors (Lipinski definition) is 8. The molecule has 1 saturated heterocycles. The molecule has 204 valence electrons. The standard InChI is InChI=1S/C31H29N3O5S/c1-4-16-38-24-12-8-22(9-13-24)27-26(29(36)30(37)34(27)31-33-32-20(3)40-31)28(35)23-10-14-25(15-11-23)39-18-21-7-5-6-19(2)17-21/h5-15,17,27,35H,4,16,18H2,1-3H3/b28-26+. The zero-order valence-electron chi connectivity index (χ0n) is 22.5. The van der Waals surface area contributed by atoms with Gasteiger partial charge in [-0.25, -0.2) is 0 Å². The summed E-state index contributed by atoms with van der Waals surface area (Å²) in [5, 5.41) is 20.5. The maximum atomic E-state index is 13.4. The van der Waals surface area contributed by atoms with Gasteiger partial charge in [0, 0.05) is 5.56 Å². The van der Waals surface area contributed by atoms with Gasteiger partial charge in [-0.1, -0.05) is 60.2 Å². The van der Waals surface area contributed by atoms with Crippen LogP contribution in [-0.4, -0.2) is 33.6 Å². The van der Waals surface area contributed by atoms with Crippen molar-refractivity contribution >= 4 is 33.9 Å². The summed E-state index contributed by atoms with van der Waals surface area (Å²) >= 11 is 1.20. The first-order valence-corrected chi connectivity index (χ1v) is 13.8. The molecule has 0 saturated carbocycles. The van der Waals surface area contributed by atoms with Crippen molar-refractivity contribution in [1.29, 1.82) is 0 Å². The number of carbonyl (C=O) groups is 2. The van der Waals surface area contributed by atoms with Crippen LogP contribution < -0.4 is 14.4 Å². The van der Waals surface area contributed by atoms with E-state index in [2.05, 4.69) is 16.3 Å². The highest BCUT2D eigenvalue weighted by Crippen LogP contribution is 2.43. The Kier molecular flexibility index (Phi) is 7.93. The monoisotopic (exact) mass is 555 g/mol. The second-order valence-corrected chi connectivity index (χ2v) is 10.7. The number of aromatic nitrogens is 2. The maximum Gasteiger partial charge on any atom is 0.301 e. The lowest BCUT2D eigenvalue weighted by atomic mass is 9.95. The van der Waals surface area contributed by atoms with Crippen LogP contribution in [0.4, 0.5) is 5.13 Å². The van der Waals surface area contributed by atoms with Gasteiger partial charge in [0.05, 0.1) is 18.2 Å². The van der Waals surface area contributed by atoms with E-state index in [0.29, 0.717) is 40.8 Å². The molecule has 0 bridgehead atoms. The van der Waals surface area contributed by atoms with E-state index in [1.165, 1.54) is 16.2 Å². The van der Waals surface area contributed by atoms with Crippen molar-refractivity contribution < 1.29 is 24.2 Å². The van der Waals surface area contributed by atoms with Crippen LogP contribution in [0.25, 0.3) is 5.76 Å². The number of aryl methyl sites for hydroxylation is 2. The molecule has 1 fully saturated rings. The van der Waals surface area contributed by atoms with E-state index in [9.17, 15) is 14.7 Å². The third kappa shape index (κ3) is 5.60. The van der Waals surface area contributed by atoms with Gasteiger partial charge in [-0.3, -0.25) is 14.5 Å². The van der Waals surface area contributed by atoms with Gasteiger partial charge in [0.2, 0.25) is 5.13 Å². The van der Waals surface area contributed by atoms with E-state index in [4.69, 9.17) is 9.47 Å². The number of nitrogens with zero attached hydrogens (tertiary/aromatic N) is 3. The molecule has 8 nitrogen and oxygen atoms in total. The van der Waals surface area contributed by atoms with Crippen molar-refractivity contribution in [2.24, 2.45) is 0 Å². The van der Waals surface area contributed by atoms with E-state index < -0.39 is 17.7 Å². The highest BCUT2D eigenvalue weighted by atomic mass is 32.1. The number of Topliss-reactive ketones (excluding diaryl/α,β-unsaturated/α-hetero) is 1.